The van der Waals surface area contributed by atoms with E-state index in [0.29, 0.717) is 13.2 Å². The second-order valence-electron chi connectivity index (χ2n) is 3.35. The summed E-state index contributed by atoms with van der Waals surface area (Å²) in [5.41, 5.74) is 5.33. The van der Waals surface area contributed by atoms with E-state index in [2.05, 4.69) is 13.8 Å². The topological polar surface area (TPSA) is 59.0 Å². The number of rotatable bonds is 6. The van der Waals surface area contributed by atoms with Crippen LogP contribution in [-0.4, -0.2) is 19.3 Å². The molecule has 0 bridgehead atoms. The van der Waals surface area contributed by atoms with Crippen LogP contribution in [0, 0.1) is 17.2 Å². The van der Waals surface area contributed by atoms with Gasteiger partial charge in [-0.15, -0.1) is 0 Å². The molecule has 0 saturated heterocycles. The molecule has 0 aromatic carbocycles. The van der Waals surface area contributed by atoms with Crippen molar-refractivity contribution in [3.8, 4) is 6.07 Å². The Labute approximate surface area is 74.5 Å². The summed E-state index contributed by atoms with van der Waals surface area (Å²) >= 11 is 0. The zero-order valence-electron chi connectivity index (χ0n) is 7.92. The van der Waals surface area contributed by atoms with Gasteiger partial charge in [0.15, 0.2) is 0 Å². The third-order valence-corrected chi connectivity index (χ3v) is 1.53. The second-order valence-corrected chi connectivity index (χ2v) is 3.35. The lowest BCUT2D eigenvalue weighted by atomic mass is 10.1. The number of nitriles is 1. The lowest BCUT2D eigenvalue weighted by Crippen LogP contribution is -2.24. The largest absolute Gasteiger partial charge is 0.379 e. The quantitative estimate of drug-likeness (QED) is 0.611. The van der Waals surface area contributed by atoms with Gasteiger partial charge in [0.05, 0.1) is 12.7 Å². The number of hydrogen-bond donors (Lipinski definition) is 1. The van der Waals surface area contributed by atoms with Crippen molar-refractivity contribution in [1.29, 1.82) is 5.26 Å². The van der Waals surface area contributed by atoms with Crippen molar-refractivity contribution >= 4 is 0 Å². The molecule has 0 radical (unpaired) electrons. The van der Waals surface area contributed by atoms with Crippen LogP contribution < -0.4 is 5.73 Å². The van der Waals surface area contributed by atoms with E-state index in [1.165, 1.54) is 6.42 Å². The molecular weight excluding hydrogens is 152 g/mol. The number of nitrogens with zero attached hydrogens (tertiary/aromatic N) is 1. The third-order valence-electron chi connectivity index (χ3n) is 1.53. The molecule has 12 heavy (non-hydrogen) atoms. The van der Waals surface area contributed by atoms with E-state index in [0.717, 1.165) is 12.3 Å². The molecule has 2 N–H and O–H groups in total. The molecule has 3 heteroatoms. The van der Waals surface area contributed by atoms with E-state index < -0.39 is 6.04 Å². The highest BCUT2D eigenvalue weighted by Crippen LogP contribution is 2.02. The highest BCUT2D eigenvalue weighted by molar-refractivity contribution is 4.85. The van der Waals surface area contributed by atoms with Gasteiger partial charge in [0.1, 0.15) is 6.04 Å². The van der Waals surface area contributed by atoms with Gasteiger partial charge >= 0.3 is 0 Å². The number of hydrogen-bond acceptors (Lipinski definition) is 3. The van der Waals surface area contributed by atoms with Crippen LogP contribution in [0.2, 0.25) is 0 Å². The standard InChI is InChI=1S/C9H18N2O/c1-8(2)4-3-5-12-7-9(11)6-10/h8-9H,3-5,7,11H2,1-2H3. The molecule has 0 aliphatic rings. The zero-order valence-corrected chi connectivity index (χ0v) is 7.92. The fraction of sp³-hybridized carbons (Fsp3) is 0.889. The minimum Gasteiger partial charge on any atom is -0.379 e. The van der Waals surface area contributed by atoms with Gasteiger partial charge in [-0.3, -0.25) is 0 Å². The molecule has 0 saturated carbocycles. The highest BCUT2D eigenvalue weighted by Gasteiger charge is 1.99. The van der Waals surface area contributed by atoms with Crippen molar-refractivity contribution in [3.63, 3.8) is 0 Å². The molecule has 0 aromatic heterocycles. The van der Waals surface area contributed by atoms with Gasteiger partial charge in [-0.2, -0.15) is 5.26 Å². The Bertz CT molecular complexity index is 140. The van der Waals surface area contributed by atoms with Crippen LogP contribution in [0.15, 0.2) is 0 Å². The van der Waals surface area contributed by atoms with E-state index >= 15 is 0 Å². The van der Waals surface area contributed by atoms with Crippen molar-refractivity contribution in [1.82, 2.24) is 0 Å². The second kappa shape index (κ2) is 7.08. The van der Waals surface area contributed by atoms with Crippen LogP contribution in [0.25, 0.3) is 0 Å². The van der Waals surface area contributed by atoms with Crippen LogP contribution in [0.4, 0.5) is 0 Å². The molecule has 0 aliphatic carbocycles. The zero-order chi connectivity index (χ0) is 9.40. The van der Waals surface area contributed by atoms with E-state index in [-0.39, 0.29) is 0 Å². The summed E-state index contributed by atoms with van der Waals surface area (Å²) in [6.45, 7) is 5.43. The Morgan fingerprint density at radius 3 is 2.67 bits per heavy atom. The Kier molecular flexibility index (Phi) is 6.73. The van der Waals surface area contributed by atoms with Gasteiger partial charge in [-0.1, -0.05) is 13.8 Å². The fourth-order valence-electron chi connectivity index (χ4n) is 0.841. The Morgan fingerprint density at radius 2 is 2.17 bits per heavy atom. The summed E-state index contributed by atoms with van der Waals surface area (Å²) in [7, 11) is 0. The summed E-state index contributed by atoms with van der Waals surface area (Å²) < 4.78 is 5.19. The van der Waals surface area contributed by atoms with Gasteiger partial charge in [-0.05, 0) is 18.8 Å². The van der Waals surface area contributed by atoms with Gasteiger partial charge in [-0.25, -0.2) is 0 Å². The van der Waals surface area contributed by atoms with Crippen molar-refractivity contribution in [2.45, 2.75) is 32.7 Å². The van der Waals surface area contributed by atoms with E-state index in [9.17, 15) is 0 Å². The fourth-order valence-corrected chi connectivity index (χ4v) is 0.841. The smallest absolute Gasteiger partial charge is 0.116 e. The minimum atomic E-state index is -0.468. The van der Waals surface area contributed by atoms with Crippen molar-refractivity contribution in [2.24, 2.45) is 11.7 Å². The van der Waals surface area contributed by atoms with Gasteiger partial charge in [0, 0.05) is 6.61 Å². The van der Waals surface area contributed by atoms with Crippen LogP contribution in [0.5, 0.6) is 0 Å². The highest BCUT2D eigenvalue weighted by atomic mass is 16.5. The Hall–Kier alpha value is -0.590. The van der Waals surface area contributed by atoms with Crippen molar-refractivity contribution in [3.05, 3.63) is 0 Å². The summed E-state index contributed by atoms with van der Waals surface area (Å²) in [5, 5.41) is 8.32. The third kappa shape index (κ3) is 7.52. The Morgan fingerprint density at radius 1 is 1.50 bits per heavy atom. The summed E-state index contributed by atoms with van der Waals surface area (Å²) in [5.74, 6) is 0.721. The van der Waals surface area contributed by atoms with Gasteiger partial charge in [0.2, 0.25) is 0 Å². The van der Waals surface area contributed by atoms with Gasteiger partial charge in [0.25, 0.3) is 0 Å². The first kappa shape index (κ1) is 11.4. The molecule has 0 aliphatic heterocycles. The Balaban J connectivity index is 3.07. The molecule has 70 valence electrons. The molecule has 1 unspecified atom stereocenters. The number of nitrogens with two attached hydrogens (primary N) is 1. The van der Waals surface area contributed by atoms with E-state index in [1.54, 1.807) is 0 Å². The molecule has 0 rings (SSSR count). The average molecular weight is 170 g/mol. The molecule has 0 amide bonds. The van der Waals surface area contributed by atoms with Crippen molar-refractivity contribution < 1.29 is 4.74 Å². The maximum atomic E-state index is 8.32. The molecule has 0 spiro atoms. The monoisotopic (exact) mass is 170 g/mol. The normalized spacial score (nSPS) is 12.9. The maximum Gasteiger partial charge on any atom is 0.116 e. The molecule has 3 nitrogen and oxygen atoms in total. The molecule has 1 atom stereocenters. The molecule has 0 heterocycles. The van der Waals surface area contributed by atoms with Crippen LogP contribution in [-0.2, 0) is 4.74 Å². The lowest BCUT2D eigenvalue weighted by Gasteiger charge is -2.06. The van der Waals surface area contributed by atoms with Crippen LogP contribution >= 0.6 is 0 Å². The van der Waals surface area contributed by atoms with Gasteiger partial charge < -0.3 is 10.5 Å². The number of ether oxygens (including phenoxy) is 1. The average Bonchev–Trinajstić information content (AvgIpc) is 2.03. The lowest BCUT2D eigenvalue weighted by molar-refractivity contribution is 0.124. The minimum absolute atomic E-state index is 0.356. The molecule has 0 aromatic rings. The summed E-state index contributed by atoms with van der Waals surface area (Å²) in [4.78, 5) is 0. The van der Waals surface area contributed by atoms with Crippen LogP contribution in [0.3, 0.4) is 0 Å². The predicted octanol–water partition coefficient (Wildman–Crippen LogP) is 1.29. The molecular formula is C9H18N2O. The van der Waals surface area contributed by atoms with Crippen LogP contribution in [0.1, 0.15) is 26.7 Å². The van der Waals surface area contributed by atoms with E-state index in [4.69, 9.17) is 15.7 Å². The van der Waals surface area contributed by atoms with E-state index in [1.807, 2.05) is 6.07 Å². The molecule has 0 fully saturated rings. The SMILES string of the molecule is CC(C)CCCOCC(N)C#N. The first-order valence-electron chi connectivity index (χ1n) is 4.39. The summed E-state index contributed by atoms with van der Waals surface area (Å²) in [6, 6.07) is 1.45. The first-order valence-corrected chi connectivity index (χ1v) is 4.39. The first-order chi connectivity index (χ1) is 5.66. The van der Waals surface area contributed by atoms with Crippen molar-refractivity contribution in [2.75, 3.05) is 13.2 Å². The summed E-state index contributed by atoms with van der Waals surface area (Å²) in [6.07, 6.45) is 2.22. The maximum absolute atomic E-state index is 8.32. The predicted molar refractivity (Wildman–Crippen MR) is 48.5 cm³/mol.